The van der Waals surface area contributed by atoms with Gasteiger partial charge in [-0.25, -0.2) is 4.98 Å². The van der Waals surface area contributed by atoms with Gasteiger partial charge in [-0.3, -0.25) is 0 Å². The molecule has 0 aliphatic heterocycles. The molecule has 0 aliphatic carbocycles. The lowest BCUT2D eigenvalue weighted by atomic mass is 10.2. The number of thiazole rings is 1. The molecule has 3 nitrogen and oxygen atoms in total. The van der Waals surface area contributed by atoms with Crippen LogP contribution in [0.2, 0.25) is 0 Å². The van der Waals surface area contributed by atoms with Gasteiger partial charge in [0.2, 0.25) is 0 Å². The molecule has 0 fully saturated rings. The number of aliphatic hydroxyl groups excluding tert-OH is 1. The van der Waals surface area contributed by atoms with Gasteiger partial charge >= 0.3 is 0 Å². The molecular formula is C12H9NO2S. The molecule has 0 radical (unpaired) electrons. The van der Waals surface area contributed by atoms with Gasteiger partial charge in [-0.1, -0.05) is 29.2 Å². The first kappa shape index (κ1) is 10.7. The van der Waals surface area contributed by atoms with Crippen LogP contribution in [0.4, 0.5) is 0 Å². The fraction of sp³-hybridized carbons (Fsp3) is 0.0833. The van der Waals surface area contributed by atoms with E-state index in [1.54, 1.807) is 6.20 Å². The standard InChI is InChI=1S/C12H9NO2S/c14-7-2-4-10-3-1-5-11(9-10)15-12-13-6-8-16-12/h1,3,5-6,8-9,14H,7H2. The molecule has 0 spiro atoms. The maximum Gasteiger partial charge on any atom is 0.278 e. The molecule has 0 saturated carbocycles. The molecule has 1 aromatic carbocycles. The fourth-order valence-electron chi connectivity index (χ4n) is 1.14. The topological polar surface area (TPSA) is 42.4 Å². The van der Waals surface area contributed by atoms with Crippen molar-refractivity contribution in [2.24, 2.45) is 0 Å². The van der Waals surface area contributed by atoms with E-state index in [9.17, 15) is 0 Å². The predicted molar refractivity (Wildman–Crippen MR) is 62.6 cm³/mol. The first-order valence-electron chi connectivity index (χ1n) is 4.65. The molecule has 2 aromatic rings. The Morgan fingerprint density at radius 3 is 3.12 bits per heavy atom. The van der Waals surface area contributed by atoms with Gasteiger partial charge in [-0.15, -0.1) is 0 Å². The normalized spacial score (nSPS) is 9.31. The van der Waals surface area contributed by atoms with Crippen LogP contribution in [0.25, 0.3) is 0 Å². The van der Waals surface area contributed by atoms with Crippen LogP contribution in [0, 0.1) is 11.8 Å². The average Bonchev–Trinajstić information content (AvgIpc) is 2.80. The van der Waals surface area contributed by atoms with Crippen molar-refractivity contribution in [2.45, 2.75) is 0 Å². The Balaban J connectivity index is 2.16. The molecule has 0 bridgehead atoms. The van der Waals surface area contributed by atoms with Crippen molar-refractivity contribution in [3.63, 3.8) is 0 Å². The highest BCUT2D eigenvalue weighted by molar-refractivity contribution is 7.11. The number of benzene rings is 1. The SMILES string of the molecule is OCC#Cc1cccc(Oc2nccs2)c1. The van der Waals surface area contributed by atoms with Gasteiger partial charge in [0.15, 0.2) is 0 Å². The van der Waals surface area contributed by atoms with Gasteiger partial charge in [-0.2, -0.15) is 0 Å². The van der Waals surface area contributed by atoms with Gasteiger partial charge in [0.05, 0.1) is 0 Å². The number of hydrogen-bond acceptors (Lipinski definition) is 4. The number of aromatic nitrogens is 1. The minimum atomic E-state index is -0.141. The molecule has 0 unspecified atom stereocenters. The average molecular weight is 231 g/mol. The van der Waals surface area contributed by atoms with Crippen LogP contribution in [0.3, 0.4) is 0 Å². The van der Waals surface area contributed by atoms with E-state index in [2.05, 4.69) is 16.8 Å². The van der Waals surface area contributed by atoms with E-state index in [1.807, 2.05) is 29.6 Å². The van der Waals surface area contributed by atoms with E-state index in [0.29, 0.717) is 10.9 Å². The third-order valence-electron chi connectivity index (χ3n) is 1.76. The lowest BCUT2D eigenvalue weighted by molar-refractivity contribution is 0.350. The third-order valence-corrected chi connectivity index (χ3v) is 2.41. The Kier molecular flexibility index (Phi) is 3.54. The van der Waals surface area contributed by atoms with Crippen LogP contribution >= 0.6 is 11.3 Å². The summed E-state index contributed by atoms with van der Waals surface area (Å²) in [6.07, 6.45) is 1.69. The third kappa shape index (κ3) is 2.83. The number of rotatable bonds is 2. The minimum Gasteiger partial charge on any atom is -0.431 e. The maximum absolute atomic E-state index is 8.59. The molecule has 1 aromatic heterocycles. The Morgan fingerprint density at radius 1 is 1.44 bits per heavy atom. The largest absolute Gasteiger partial charge is 0.431 e. The summed E-state index contributed by atoms with van der Waals surface area (Å²) >= 11 is 1.43. The lowest BCUT2D eigenvalue weighted by Gasteiger charge is -2.01. The minimum absolute atomic E-state index is 0.141. The van der Waals surface area contributed by atoms with Gasteiger partial charge in [0.1, 0.15) is 12.4 Å². The van der Waals surface area contributed by atoms with Crippen LogP contribution in [-0.2, 0) is 0 Å². The number of hydrogen-bond donors (Lipinski definition) is 1. The smallest absolute Gasteiger partial charge is 0.278 e. The summed E-state index contributed by atoms with van der Waals surface area (Å²) in [5, 5.41) is 11.0. The zero-order chi connectivity index (χ0) is 11.2. The van der Waals surface area contributed by atoms with Crippen molar-refractivity contribution in [3.8, 4) is 22.8 Å². The van der Waals surface area contributed by atoms with Crippen molar-refractivity contribution in [1.82, 2.24) is 4.98 Å². The van der Waals surface area contributed by atoms with E-state index in [1.165, 1.54) is 11.3 Å². The molecule has 0 saturated heterocycles. The first-order chi connectivity index (χ1) is 7.88. The molecular weight excluding hydrogens is 222 g/mol. The predicted octanol–water partition coefficient (Wildman–Crippen LogP) is 2.28. The fourth-order valence-corrected chi connectivity index (χ4v) is 1.64. The molecule has 4 heteroatoms. The van der Waals surface area contributed by atoms with E-state index < -0.39 is 0 Å². The highest BCUT2D eigenvalue weighted by Gasteiger charge is 1.99. The summed E-state index contributed by atoms with van der Waals surface area (Å²) in [6, 6.07) is 7.36. The Labute approximate surface area is 97.4 Å². The molecule has 16 heavy (non-hydrogen) atoms. The molecule has 80 valence electrons. The molecule has 1 N–H and O–H groups in total. The summed E-state index contributed by atoms with van der Waals surface area (Å²) in [6.45, 7) is -0.141. The second-order valence-corrected chi connectivity index (χ2v) is 3.74. The highest BCUT2D eigenvalue weighted by atomic mass is 32.1. The van der Waals surface area contributed by atoms with Crippen LogP contribution in [0.1, 0.15) is 5.56 Å². The molecule has 1 heterocycles. The van der Waals surface area contributed by atoms with Crippen molar-refractivity contribution >= 4 is 11.3 Å². The summed E-state index contributed by atoms with van der Waals surface area (Å²) in [5.74, 6) is 6.10. The Hall–Kier alpha value is -1.83. The zero-order valence-electron chi connectivity index (χ0n) is 8.38. The van der Waals surface area contributed by atoms with Crippen molar-refractivity contribution < 1.29 is 9.84 Å². The molecule has 0 amide bonds. The van der Waals surface area contributed by atoms with Crippen LogP contribution < -0.4 is 4.74 Å². The molecule has 0 atom stereocenters. The zero-order valence-corrected chi connectivity index (χ0v) is 9.20. The van der Waals surface area contributed by atoms with E-state index in [-0.39, 0.29) is 6.61 Å². The number of ether oxygens (including phenoxy) is 1. The first-order valence-corrected chi connectivity index (χ1v) is 5.53. The van der Waals surface area contributed by atoms with Gasteiger partial charge < -0.3 is 9.84 Å². The van der Waals surface area contributed by atoms with Crippen molar-refractivity contribution in [2.75, 3.05) is 6.61 Å². The molecule has 0 aliphatic rings. The monoisotopic (exact) mass is 231 g/mol. The van der Waals surface area contributed by atoms with Gasteiger partial charge in [-0.05, 0) is 18.2 Å². The van der Waals surface area contributed by atoms with Crippen LogP contribution in [0.5, 0.6) is 10.9 Å². The van der Waals surface area contributed by atoms with E-state index in [4.69, 9.17) is 9.84 Å². The van der Waals surface area contributed by atoms with Gasteiger partial charge in [0, 0.05) is 17.1 Å². The van der Waals surface area contributed by atoms with Crippen LogP contribution in [-0.4, -0.2) is 16.7 Å². The van der Waals surface area contributed by atoms with E-state index >= 15 is 0 Å². The van der Waals surface area contributed by atoms with Crippen LogP contribution in [0.15, 0.2) is 35.8 Å². The Morgan fingerprint density at radius 2 is 2.38 bits per heavy atom. The summed E-state index contributed by atoms with van der Waals surface area (Å²) < 4.78 is 5.52. The summed E-state index contributed by atoms with van der Waals surface area (Å²) in [5.41, 5.74) is 0.808. The second kappa shape index (κ2) is 5.31. The second-order valence-electron chi connectivity index (χ2n) is 2.89. The van der Waals surface area contributed by atoms with E-state index in [0.717, 1.165) is 5.56 Å². The summed E-state index contributed by atoms with van der Waals surface area (Å²) in [4.78, 5) is 4.02. The lowest BCUT2D eigenvalue weighted by Crippen LogP contribution is -1.84. The highest BCUT2D eigenvalue weighted by Crippen LogP contribution is 2.23. The summed E-state index contributed by atoms with van der Waals surface area (Å²) in [7, 11) is 0. The maximum atomic E-state index is 8.59. The molecule has 2 rings (SSSR count). The number of aliphatic hydroxyl groups is 1. The quantitative estimate of drug-likeness (QED) is 0.806. The van der Waals surface area contributed by atoms with Crippen molar-refractivity contribution in [1.29, 1.82) is 0 Å². The Bertz CT molecular complexity index is 511. The van der Waals surface area contributed by atoms with Gasteiger partial charge in [0.25, 0.3) is 5.19 Å². The number of nitrogens with zero attached hydrogens (tertiary/aromatic N) is 1. The van der Waals surface area contributed by atoms with Crippen molar-refractivity contribution in [3.05, 3.63) is 41.4 Å².